The van der Waals surface area contributed by atoms with Crippen molar-refractivity contribution in [2.24, 2.45) is 0 Å². The summed E-state index contributed by atoms with van der Waals surface area (Å²) in [6.45, 7) is 0.138. The van der Waals surface area contributed by atoms with Crippen LogP contribution in [0.25, 0.3) is 0 Å². The summed E-state index contributed by atoms with van der Waals surface area (Å²) in [5.74, 6) is -1.84. The van der Waals surface area contributed by atoms with Crippen molar-refractivity contribution in [2.75, 3.05) is 0 Å². The van der Waals surface area contributed by atoms with Crippen LogP contribution in [0.15, 0.2) is 42.5 Å². The molecule has 0 bridgehead atoms. The fourth-order valence-electron chi connectivity index (χ4n) is 1.30. The summed E-state index contributed by atoms with van der Waals surface area (Å²) in [5, 5.41) is 0. The van der Waals surface area contributed by atoms with Crippen LogP contribution < -0.4 is 21.7 Å². The predicted molar refractivity (Wildman–Crippen MR) is 61.7 cm³/mol. The summed E-state index contributed by atoms with van der Waals surface area (Å²) >= 11 is 0. The number of ether oxygens (including phenoxy) is 1. The van der Waals surface area contributed by atoms with E-state index in [1.54, 1.807) is 0 Å². The molecule has 0 heterocycles. The second-order valence-electron chi connectivity index (χ2n) is 3.25. The van der Waals surface area contributed by atoms with Crippen LogP contribution in [0, 0.1) is 17.7 Å². The zero-order valence-corrected chi connectivity index (χ0v) is 12.5. The molecule has 0 aromatic heterocycles. The summed E-state index contributed by atoms with van der Waals surface area (Å²) in [6, 6.07) is 13.6. The average Bonchev–Trinajstić information content (AvgIpc) is 2.30. The molecule has 0 amide bonds. The van der Waals surface area contributed by atoms with Crippen LogP contribution in [-0.4, -0.2) is 23.1 Å². The largest absolute Gasteiger partial charge is 2.00 e. The van der Waals surface area contributed by atoms with E-state index in [1.807, 2.05) is 30.3 Å². The number of rotatable bonds is 3. The molecule has 0 N–H and O–H groups in total. The van der Waals surface area contributed by atoms with Gasteiger partial charge in [0.05, 0.1) is 17.4 Å². The third kappa shape index (κ3) is 4.55. The standard InChI is InChI=1S/C13H9F2O.BrH.Mg/c14-11-7-4-8-12(15)13(11)16-9-10-5-2-1-3-6-10;;/h1-3,5-8H,9H2;1H;/q-1;;+2/p-1. The first-order valence-electron chi connectivity index (χ1n) is 4.79. The first kappa shape index (κ1) is 17.3. The molecule has 90 valence electrons. The molecule has 2 aromatic rings. The van der Waals surface area contributed by atoms with Gasteiger partial charge in [-0.25, -0.2) is 0 Å². The van der Waals surface area contributed by atoms with Crippen molar-refractivity contribution in [1.29, 1.82) is 0 Å². The maximum absolute atomic E-state index is 13.2. The van der Waals surface area contributed by atoms with Gasteiger partial charge in [-0.2, -0.15) is 6.07 Å². The molecule has 0 spiro atoms. The van der Waals surface area contributed by atoms with Gasteiger partial charge in [0.2, 0.25) is 0 Å². The van der Waals surface area contributed by atoms with Crippen molar-refractivity contribution < 1.29 is 30.5 Å². The second-order valence-corrected chi connectivity index (χ2v) is 3.25. The molecule has 0 radical (unpaired) electrons. The molecule has 0 fully saturated rings. The van der Waals surface area contributed by atoms with Crippen LogP contribution >= 0.6 is 0 Å². The Bertz CT molecular complexity index is 459. The van der Waals surface area contributed by atoms with Crippen LogP contribution in [0.2, 0.25) is 0 Å². The maximum atomic E-state index is 13.2. The van der Waals surface area contributed by atoms with E-state index in [0.29, 0.717) is 0 Å². The average molecular weight is 323 g/mol. The molecule has 0 unspecified atom stereocenters. The zero-order chi connectivity index (χ0) is 11.4. The molecule has 5 heteroatoms. The Morgan fingerprint density at radius 1 is 1.00 bits per heavy atom. The summed E-state index contributed by atoms with van der Waals surface area (Å²) < 4.78 is 31.4. The van der Waals surface area contributed by atoms with Gasteiger partial charge in [0, 0.05) is 0 Å². The normalized spacial score (nSPS) is 9.00. The fourth-order valence-corrected chi connectivity index (χ4v) is 1.30. The van der Waals surface area contributed by atoms with Gasteiger partial charge in [0.15, 0.2) is 0 Å². The van der Waals surface area contributed by atoms with Crippen LogP contribution in [-0.2, 0) is 6.61 Å². The smallest absolute Gasteiger partial charge is 1.00 e. The third-order valence-electron chi connectivity index (χ3n) is 2.08. The van der Waals surface area contributed by atoms with Gasteiger partial charge < -0.3 is 21.7 Å². The first-order valence-corrected chi connectivity index (χ1v) is 4.79. The van der Waals surface area contributed by atoms with Crippen LogP contribution in [0.3, 0.4) is 0 Å². The van der Waals surface area contributed by atoms with E-state index in [2.05, 4.69) is 6.07 Å². The summed E-state index contributed by atoms with van der Waals surface area (Å²) in [6.07, 6.45) is 0. The van der Waals surface area contributed by atoms with Crippen molar-refractivity contribution in [1.82, 2.24) is 0 Å². The molecule has 18 heavy (non-hydrogen) atoms. The van der Waals surface area contributed by atoms with Gasteiger partial charge in [-0.05, 0) is 5.56 Å². The minimum Gasteiger partial charge on any atom is -1.00 e. The van der Waals surface area contributed by atoms with Crippen molar-refractivity contribution >= 4 is 23.1 Å². The number of benzene rings is 2. The van der Waals surface area contributed by atoms with Gasteiger partial charge in [-0.3, -0.25) is 8.78 Å². The Morgan fingerprint density at radius 3 is 2.11 bits per heavy atom. The van der Waals surface area contributed by atoms with E-state index >= 15 is 0 Å². The minimum absolute atomic E-state index is 0. The third-order valence-corrected chi connectivity index (χ3v) is 2.08. The van der Waals surface area contributed by atoms with E-state index < -0.39 is 11.6 Å². The Kier molecular flexibility index (Phi) is 8.14. The Labute approximate surface area is 131 Å². The van der Waals surface area contributed by atoms with E-state index in [9.17, 15) is 8.78 Å². The monoisotopic (exact) mass is 322 g/mol. The molecule has 0 aliphatic carbocycles. The van der Waals surface area contributed by atoms with Gasteiger partial charge >= 0.3 is 23.1 Å². The SMILES string of the molecule is Fc1c[c-]cc(F)c1OCc1ccccc1.[Br-].[Mg+2]. The van der Waals surface area contributed by atoms with E-state index in [-0.39, 0.29) is 52.4 Å². The minimum atomic E-state index is -0.740. The summed E-state index contributed by atoms with van der Waals surface area (Å²) in [7, 11) is 0. The van der Waals surface area contributed by atoms with E-state index in [0.717, 1.165) is 17.7 Å². The van der Waals surface area contributed by atoms with E-state index in [4.69, 9.17) is 4.74 Å². The quantitative estimate of drug-likeness (QED) is 0.569. The van der Waals surface area contributed by atoms with Crippen LogP contribution in [0.4, 0.5) is 8.78 Å². The number of hydrogen-bond donors (Lipinski definition) is 0. The summed E-state index contributed by atoms with van der Waals surface area (Å²) in [4.78, 5) is 0. The molecular formula is C13H9BrF2MgO. The van der Waals surface area contributed by atoms with Crippen LogP contribution in [0.1, 0.15) is 5.56 Å². The van der Waals surface area contributed by atoms with Crippen molar-refractivity contribution in [3.05, 3.63) is 65.7 Å². The molecule has 2 rings (SSSR count). The molecule has 2 aromatic carbocycles. The molecule has 0 saturated heterocycles. The Morgan fingerprint density at radius 2 is 1.56 bits per heavy atom. The topological polar surface area (TPSA) is 9.23 Å². The molecule has 1 nitrogen and oxygen atoms in total. The molecule has 0 saturated carbocycles. The maximum Gasteiger partial charge on any atom is 2.00 e. The van der Waals surface area contributed by atoms with Gasteiger partial charge in [-0.1, -0.05) is 30.3 Å². The van der Waals surface area contributed by atoms with Crippen molar-refractivity contribution in [3.63, 3.8) is 0 Å². The van der Waals surface area contributed by atoms with Crippen molar-refractivity contribution in [2.45, 2.75) is 6.61 Å². The van der Waals surface area contributed by atoms with Crippen molar-refractivity contribution in [3.8, 4) is 5.75 Å². The fraction of sp³-hybridized carbons (Fsp3) is 0.0769. The zero-order valence-electron chi connectivity index (χ0n) is 9.50. The molecule has 0 aliphatic heterocycles. The van der Waals surface area contributed by atoms with Crippen LogP contribution in [0.5, 0.6) is 5.75 Å². The van der Waals surface area contributed by atoms with E-state index in [1.165, 1.54) is 0 Å². The second kappa shape index (κ2) is 8.45. The van der Waals surface area contributed by atoms with Gasteiger partial charge in [0.1, 0.15) is 6.61 Å². The Balaban J connectivity index is 0.00000144. The molecule has 0 atom stereocenters. The number of halogens is 3. The number of hydrogen-bond acceptors (Lipinski definition) is 1. The predicted octanol–water partition coefficient (Wildman–Crippen LogP) is -0.0328. The molecule has 0 aliphatic rings. The summed E-state index contributed by atoms with van der Waals surface area (Å²) in [5.41, 5.74) is 0.856. The Hall–Kier alpha value is -0.654. The van der Waals surface area contributed by atoms with Gasteiger partial charge in [-0.15, -0.1) is 12.1 Å². The van der Waals surface area contributed by atoms with Gasteiger partial charge in [0.25, 0.3) is 0 Å². The molecular weight excluding hydrogens is 314 g/mol. The first-order chi connectivity index (χ1) is 7.77.